The van der Waals surface area contributed by atoms with E-state index in [-0.39, 0.29) is 0 Å². The highest BCUT2D eigenvalue weighted by molar-refractivity contribution is 5.79. The van der Waals surface area contributed by atoms with E-state index >= 15 is 0 Å². The molecule has 2 N–H and O–H groups in total. The van der Waals surface area contributed by atoms with Crippen LogP contribution in [0.4, 0.5) is 0 Å². The third-order valence-corrected chi connectivity index (χ3v) is 4.76. The normalized spacial score (nSPS) is 11.6. The molecule has 3 rings (SSSR count). The van der Waals surface area contributed by atoms with E-state index < -0.39 is 0 Å². The van der Waals surface area contributed by atoms with E-state index in [0.717, 1.165) is 42.5 Å². The first-order chi connectivity index (χ1) is 13.6. The van der Waals surface area contributed by atoms with Crippen molar-refractivity contribution in [2.45, 2.75) is 33.7 Å². The topological polar surface area (TPSA) is 72.1 Å². The smallest absolute Gasteiger partial charge is 0.191 e. The fourth-order valence-corrected chi connectivity index (χ4v) is 3.08. The first kappa shape index (κ1) is 19.7. The van der Waals surface area contributed by atoms with Crippen LogP contribution in [0.3, 0.4) is 0 Å². The van der Waals surface area contributed by atoms with Gasteiger partial charge >= 0.3 is 0 Å². The molecule has 7 heteroatoms. The van der Waals surface area contributed by atoms with Crippen molar-refractivity contribution in [3.63, 3.8) is 0 Å². The van der Waals surface area contributed by atoms with E-state index in [1.54, 1.807) is 0 Å². The van der Waals surface area contributed by atoms with Crippen LogP contribution in [-0.4, -0.2) is 38.6 Å². The van der Waals surface area contributed by atoms with E-state index in [1.807, 2.05) is 59.9 Å². The molecule has 0 unspecified atom stereocenters. The van der Waals surface area contributed by atoms with E-state index in [9.17, 15) is 0 Å². The molecule has 3 aromatic rings. The van der Waals surface area contributed by atoms with Gasteiger partial charge in [0.2, 0.25) is 0 Å². The molecular weight excluding hydrogens is 350 g/mol. The number of hydrogen-bond acceptors (Lipinski definition) is 3. The Morgan fingerprint density at radius 3 is 2.61 bits per heavy atom. The van der Waals surface area contributed by atoms with Crippen molar-refractivity contribution in [1.82, 2.24) is 30.2 Å². The fourth-order valence-electron chi connectivity index (χ4n) is 3.08. The molecule has 28 heavy (non-hydrogen) atoms. The Morgan fingerprint density at radius 2 is 1.93 bits per heavy atom. The molecule has 0 amide bonds. The van der Waals surface area contributed by atoms with Crippen LogP contribution < -0.4 is 10.6 Å². The van der Waals surface area contributed by atoms with Crippen LogP contribution in [0.25, 0.3) is 5.69 Å². The van der Waals surface area contributed by atoms with Crippen LogP contribution in [0.2, 0.25) is 0 Å². The first-order valence-electron chi connectivity index (χ1n) is 9.68. The van der Waals surface area contributed by atoms with Crippen LogP contribution in [-0.2, 0) is 20.0 Å². The fraction of sp³-hybridized carbons (Fsp3) is 0.381. The van der Waals surface area contributed by atoms with Crippen molar-refractivity contribution in [1.29, 1.82) is 0 Å². The number of aryl methyl sites for hydroxylation is 2. The average molecular weight is 380 g/mol. The van der Waals surface area contributed by atoms with Gasteiger partial charge < -0.3 is 10.6 Å². The Bertz CT molecular complexity index is 922. The largest absolute Gasteiger partial charge is 0.357 e. The van der Waals surface area contributed by atoms with Crippen LogP contribution in [0.15, 0.2) is 47.7 Å². The zero-order chi connectivity index (χ0) is 19.9. The maximum atomic E-state index is 4.72. The second-order valence-electron chi connectivity index (χ2n) is 6.77. The molecule has 2 aromatic heterocycles. The predicted octanol–water partition coefficient (Wildman–Crippen LogP) is 2.52. The molecule has 7 nitrogen and oxygen atoms in total. The molecule has 0 spiro atoms. The third-order valence-electron chi connectivity index (χ3n) is 4.76. The van der Waals surface area contributed by atoms with Gasteiger partial charge in [-0.25, -0.2) is 9.67 Å². The molecule has 2 heterocycles. The number of para-hydroxylation sites is 1. The van der Waals surface area contributed by atoms with E-state index in [4.69, 9.17) is 4.99 Å². The second kappa shape index (κ2) is 9.21. The standard InChI is InChI=1S/C21H29N7/c1-5-22-21(24-14-20-16(2)26-27(4)17(20)3)23-12-11-18-13-25-28(15-18)19-9-7-6-8-10-19/h6-10,13,15H,5,11-12,14H2,1-4H3,(H2,22,23,24). The second-order valence-corrected chi connectivity index (χ2v) is 6.77. The van der Waals surface area contributed by atoms with Crippen molar-refractivity contribution < 1.29 is 0 Å². The Morgan fingerprint density at radius 1 is 1.14 bits per heavy atom. The van der Waals surface area contributed by atoms with Crippen molar-refractivity contribution in [3.05, 3.63) is 65.2 Å². The number of hydrogen-bond donors (Lipinski definition) is 2. The molecule has 148 valence electrons. The minimum atomic E-state index is 0.618. The molecule has 0 atom stereocenters. The van der Waals surface area contributed by atoms with Crippen molar-refractivity contribution >= 4 is 5.96 Å². The van der Waals surface area contributed by atoms with Crippen LogP contribution >= 0.6 is 0 Å². The number of aromatic nitrogens is 4. The summed E-state index contributed by atoms with van der Waals surface area (Å²) >= 11 is 0. The Balaban J connectivity index is 1.57. The average Bonchev–Trinajstić information content (AvgIpc) is 3.26. The number of aliphatic imine (C=N–C) groups is 1. The summed E-state index contributed by atoms with van der Waals surface area (Å²) in [6.45, 7) is 8.41. The lowest BCUT2D eigenvalue weighted by Gasteiger charge is -2.11. The zero-order valence-corrected chi connectivity index (χ0v) is 17.1. The maximum Gasteiger partial charge on any atom is 0.191 e. The lowest BCUT2D eigenvalue weighted by atomic mass is 10.2. The first-order valence-corrected chi connectivity index (χ1v) is 9.68. The van der Waals surface area contributed by atoms with Gasteiger partial charge in [-0.2, -0.15) is 10.2 Å². The lowest BCUT2D eigenvalue weighted by molar-refractivity contribution is 0.730. The molecule has 0 aliphatic rings. The molecule has 0 saturated carbocycles. The summed E-state index contributed by atoms with van der Waals surface area (Å²) in [6.07, 6.45) is 4.87. The van der Waals surface area contributed by atoms with Crippen LogP contribution in [0.1, 0.15) is 29.4 Å². The number of benzene rings is 1. The van der Waals surface area contributed by atoms with Crippen molar-refractivity contribution in [2.75, 3.05) is 13.1 Å². The number of nitrogens with zero attached hydrogens (tertiary/aromatic N) is 5. The quantitative estimate of drug-likeness (QED) is 0.489. The van der Waals surface area contributed by atoms with Gasteiger partial charge in [-0.3, -0.25) is 4.68 Å². The van der Waals surface area contributed by atoms with Gasteiger partial charge in [0, 0.05) is 37.6 Å². The maximum absolute atomic E-state index is 4.72. The highest BCUT2D eigenvalue weighted by atomic mass is 15.3. The molecule has 0 aliphatic heterocycles. The van der Waals surface area contributed by atoms with Gasteiger partial charge in [0.05, 0.1) is 24.1 Å². The van der Waals surface area contributed by atoms with Gasteiger partial charge in [-0.15, -0.1) is 0 Å². The minimum Gasteiger partial charge on any atom is -0.357 e. The van der Waals surface area contributed by atoms with Crippen molar-refractivity contribution in [2.24, 2.45) is 12.0 Å². The van der Waals surface area contributed by atoms with Gasteiger partial charge in [-0.05, 0) is 44.9 Å². The number of rotatable bonds is 7. The van der Waals surface area contributed by atoms with Crippen LogP contribution in [0.5, 0.6) is 0 Å². The summed E-state index contributed by atoms with van der Waals surface area (Å²) in [4.78, 5) is 4.72. The zero-order valence-electron chi connectivity index (χ0n) is 17.1. The molecule has 0 aliphatic carbocycles. The molecule has 0 fully saturated rings. The van der Waals surface area contributed by atoms with Gasteiger partial charge in [0.25, 0.3) is 0 Å². The molecule has 0 radical (unpaired) electrons. The highest BCUT2D eigenvalue weighted by Gasteiger charge is 2.09. The Hall–Kier alpha value is -3.09. The Labute approximate surface area is 166 Å². The third kappa shape index (κ3) is 4.79. The lowest BCUT2D eigenvalue weighted by Crippen LogP contribution is -2.38. The van der Waals surface area contributed by atoms with Gasteiger partial charge in [0.1, 0.15) is 0 Å². The molecule has 0 saturated heterocycles. The van der Waals surface area contributed by atoms with E-state index in [2.05, 4.69) is 40.9 Å². The van der Waals surface area contributed by atoms with Gasteiger partial charge in [0.15, 0.2) is 5.96 Å². The number of guanidine groups is 1. The summed E-state index contributed by atoms with van der Waals surface area (Å²) in [6, 6.07) is 10.1. The SMILES string of the molecule is CCNC(=NCc1c(C)nn(C)c1C)NCCc1cnn(-c2ccccc2)c1. The summed E-state index contributed by atoms with van der Waals surface area (Å²) in [7, 11) is 1.97. The summed E-state index contributed by atoms with van der Waals surface area (Å²) < 4.78 is 3.81. The van der Waals surface area contributed by atoms with Crippen molar-refractivity contribution in [3.8, 4) is 5.69 Å². The number of nitrogens with one attached hydrogen (secondary N) is 2. The minimum absolute atomic E-state index is 0.618. The molecule has 0 bridgehead atoms. The van der Waals surface area contributed by atoms with Crippen LogP contribution in [0, 0.1) is 13.8 Å². The molecule has 1 aromatic carbocycles. The monoisotopic (exact) mass is 379 g/mol. The Kier molecular flexibility index (Phi) is 6.47. The summed E-state index contributed by atoms with van der Waals surface area (Å²) in [5.41, 5.74) is 5.63. The predicted molar refractivity (Wildman–Crippen MR) is 113 cm³/mol. The van der Waals surface area contributed by atoms with Gasteiger partial charge in [-0.1, -0.05) is 18.2 Å². The summed E-state index contributed by atoms with van der Waals surface area (Å²) in [5, 5.41) is 15.6. The van der Waals surface area contributed by atoms with E-state index in [1.165, 1.54) is 11.1 Å². The highest BCUT2D eigenvalue weighted by Crippen LogP contribution is 2.13. The molecular formula is C21H29N7. The summed E-state index contributed by atoms with van der Waals surface area (Å²) in [5.74, 6) is 0.820. The van der Waals surface area contributed by atoms with E-state index in [0.29, 0.717) is 6.54 Å².